The molecule has 1 amide bonds. The van der Waals surface area contributed by atoms with Gasteiger partial charge in [0.1, 0.15) is 5.60 Å². The zero-order valence-electron chi connectivity index (χ0n) is 13.8. The number of piperidine rings is 1. The maximum absolute atomic E-state index is 12.1. The van der Waals surface area contributed by atoms with E-state index in [0.717, 1.165) is 37.1 Å². The first-order chi connectivity index (χ1) is 10.9. The fourth-order valence-corrected chi connectivity index (χ4v) is 3.52. The molecule has 23 heavy (non-hydrogen) atoms. The molecule has 0 aliphatic carbocycles. The maximum Gasteiger partial charge on any atom is 0.410 e. The molecule has 0 radical (unpaired) electrons. The third-order valence-corrected chi connectivity index (χ3v) is 4.74. The molecule has 1 aliphatic heterocycles. The number of nitrogens with zero attached hydrogens (tertiary/aromatic N) is 2. The van der Waals surface area contributed by atoms with Crippen LogP contribution in [0.1, 0.15) is 33.6 Å². The second-order valence-corrected chi connectivity index (χ2v) is 7.75. The summed E-state index contributed by atoms with van der Waals surface area (Å²) in [6, 6.07) is 6.53. The summed E-state index contributed by atoms with van der Waals surface area (Å²) >= 11 is 1.66. The smallest absolute Gasteiger partial charge is 0.410 e. The van der Waals surface area contributed by atoms with E-state index in [1.807, 2.05) is 38.4 Å². The van der Waals surface area contributed by atoms with Crippen molar-refractivity contribution in [1.29, 1.82) is 0 Å². The minimum absolute atomic E-state index is 0.208. The summed E-state index contributed by atoms with van der Waals surface area (Å²) in [5.74, 6) is 0. The van der Waals surface area contributed by atoms with Crippen molar-refractivity contribution in [3.05, 3.63) is 23.7 Å². The largest absolute Gasteiger partial charge is 0.444 e. The summed E-state index contributed by atoms with van der Waals surface area (Å²) < 4.78 is 6.63. The zero-order valence-corrected chi connectivity index (χ0v) is 14.7. The van der Waals surface area contributed by atoms with Crippen molar-refractivity contribution in [3.63, 3.8) is 0 Å². The van der Waals surface area contributed by atoms with Crippen LogP contribution >= 0.6 is 11.3 Å². The minimum atomic E-state index is -0.437. The normalized spacial score (nSPS) is 16.6. The van der Waals surface area contributed by atoms with Crippen LogP contribution in [0.5, 0.6) is 0 Å². The van der Waals surface area contributed by atoms with Gasteiger partial charge in [0.25, 0.3) is 0 Å². The number of rotatable bonds is 2. The Kier molecular flexibility index (Phi) is 4.43. The fourth-order valence-electron chi connectivity index (χ4n) is 2.75. The van der Waals surface area contributed by atoms with Gasteiger partial charge in [-0.05, 0) is 45.7 Å². The van der Waals surface area contributed by atoms with E-state index in [1.165, 1.54) is 4.70 Å². The fraction of sp³-hybridized carbons (Fsp3) is 0.529. The van der Waals surface area contributed by atoms with Gasteiger partial charge in [0.15, 0.2) is 0 Å². The van der Waals surface area contributed by atoms with Gasteiger partial charge in [0.2, 0.25) is 0 Å². The monoisotopic (exact) mass is 333 g/mol. The van der Waals surface area contributed by atoms with E-state index in [2.05, 4.69) is 16.4 Å². The lowest BCUT2D eigenvalue weighted by Gasteiger charge is -2.34. The van der Waals surface area contributed by atoms with Crippen molar-refractivity contribution >= 4 is 33.3 Å². The summed E-state index contributed by atoms with van der Waals surface area (Å²) in [7, 11) is 0. The Labute approximate surface area is 140 Å². The van der Waals surface area contributed by atoms with Crippen molar-refractivity contribution in [1.82, 2.24) is 9.88 Å². The number of hydrogen-bond donors (Lipinski definition) is 1. The Morgan fingerprint density at radius 3 is 2.78 bits per heavy atom. The third kappa shape index (κ3) is 3.93. The van der Waals surface area contributed by atoms with Gasteiger partial charge in [-0.2, -0.15) is 0 Å². The quantitative estimate of drug-likeness (QED) is 0.898. The van der Waals surface area contributed by atoms with Gasteiger partial charge in [0.05, 0.1) is 21.4 Å². The average molecular weight is 333 g/mol. The lowest BCUT2D eigenvalue weighted by molar-refractivity contribution is 0.0210. The summed E-state index contributed by atoms with van der Waals surface area (Å²) in [4.78, 5) is 18.2. The van der Waals surface area contributed by atoms with E-state index in [1.54, 1.807) is 16.2 Å². The molecule has 1 N–H and O–H groups in total. The molecule has 0 bridgehead atoms. The van der Waals surface area contributed by atoms with Gasteiger partial charge >= 0.3 is 6.09 Å². The molecule has 6 heteroatoms. The highest BCUT2D eigenvalue weighted by molar-refractivity contribution is 7.17. The Bertz CT molecular complexity index is 684. The topological polar surface area (TPSA) is 54.5 Å². The molecule has 1 saturated heterocycles. The first-order valence-electron chi connectivity index (χ1n) is 7.99. The van der Waals surface area contributed by atoms with Gasteiger partial charge < -0.3 is 15.0 Å². The number of benzene rings is 1. The molecule has 1 aromatic heterocycles. The number of amides is 1. The molecule has 5 nitrogen and oxygen atoms in total. The first-order valence-corrected chi connectivity index (χ1v) is 8.87. The maximum atomic E-state index is 12.1. The van der Waals surface area contributed by atoms with Crippen molar-refractivity contribution in [2.45, 2.75) is 45.3 Å². The van der Waals surface area contributed by atoms with E-state index >= 15 is 0 Å². The van der Waals surface area contributed by atoms with Gasteiger partial charge in [-0.15, -0.1) is 11.3 Å². The summed E-state index contributed by atoms with van der Waals surface area (Å²) in [5.41, 5.74) is 3.61. The first kappa shape index (κ1) is 16.1. The Morgan fingerprint density at radius 2 is 2.09 bits per heavy atom. The SMILES string of the molecule is CC(C)(C)OC(=O)N1CCC(Nc2cccc3ncsc23)CC1. The Balaban J connectivity index is 1.57. The van der Waals surface area contributed by atoms with Crippen molar-refractivity contribution in [2.75, 3.05) is 18.4 Å². The number of hydrogen-bond acceptors (Lipinski definition) is 5. The summed E-state index contributed by atoms with van der Waals surface area (Å²) in [5, 5.41) is 3.61. The van der Waals surface area contributed by atoms with Crippen LogP contribution in [0.4, 0.5) is 10.5 Å². The lowest BCUT2D eigenvalue weighted by atomic mass is 10.0. The summed E-state index contributed by atoms with van der Waals surface area (Å²) in [6.45, 7) is 7.15. The predicted octanol–water partition coefficient (Wildman–Crippen LogP) is 4.11. The minimum Gasteiger partial charge on any atom is -0.444 e. The number of ether oxygens (including phenoxy) is 1. The van der Waals surface area contributed by atoms with Crippen molar-refractivity contribution in [2.24, 2.45) is 0 Å². The van der Waals surface area contributed by atoms with Crippen LogP contribution in [0.2, 0.25) is 0 Å². The van der Waals surface area contributed by atoms with E-state index in [4.69, 9.17) is 4.74 Å². The molecular weight excluding hydrogens is 310 g/mol. The predicted molar refractivity (Wildman–Crippen MR) is 94.1 cm³/mol. The van der Waals surface area contributed by atoms with Crippen LogP contribution in [0.25, 0.3) is 10.2 Å². The molecule has 0 atom stereocenters. The molecule has 1 aromatic carbocycles. The van der Waals surface area contributed by atoms with Crippen molar-refractivity contribution in [3.8, 4) is 0 Å². The molecule has 0 spiro atoms. The zero-order chi connectivity index (χ0) is 16.4. The highest BCUT2D eigenvalue weighted by Crippen LogP contribution is 2.28. The van der Waals surface area contributed by atoms with Crippen LogP contribution in [-0.2, 0) is 4.74 Å². The molecule has 124 valence electrons. The van der Waals surface area contributed by atoms with Gasteiger partial charge in [0, 0.05) is 19.1 Å². The standard InChI is InChI=1S/C17H23N3O2S/c1-17(2,3)22-16(21)20-9-7-12(8-10-20)19-14-6-4-5-13-15(14)23-11-18-13/h4-6,11-12,19H,7-10H2,1-3H3. The van der Waals surface area contributed by atoms with E-state index in [9.17, 15) is 4.79 Å². The molecular formula is C17H23N3O2S. The molecule has 2 heterocycles. The summed E-state index contributed by atoms with van der Waals surface area (Å²) in [6.07, 6.45) is 1.64. The number of anilines is 1. The van der Waals surface area contributed by atoms with Crippen LogP contribution < -0.4 is 5.32 Å². The second-order valence-electron chi connectivity index (χ2n) is 6.89. The van der Waals surface area contributed by atoms with Crippen LogP contribution in [0.15, 0.2) is 23.7 Å². The Hall–Kier alpha value is -1.82. The number of likely N-dealkylation sites (tertiary alicyclic amines) is 1. The number of fused-ring (bicyclic) bond motifs is 1. The van der Waals surface area contributed by atoms with E-state index < -0.39 is 5.60 Å². The molecule has 2 aromatic rings. The lowest BCUT2D eigenvalue weighted by Crippen LogP contribution is -2.44. The third-order valence-electron chi connectivity index (χ3n) is 3.86. The van der Waals surface area contributed by atoms with E-state index in [0.29, 0.717) is 6.04 Å². The number of carbonyl (C=O) groups is 1. The molecule has 1 fully saturated rings. The number of carbonyl (C=O) groups excluding carboxylic acids is 1. The van der Waals surface area contributed by atoms with Crippen LogP contribution in [0, 0.1) is 0 Å². The highest BCUT2D eigenvalue weighted by Gasteiger charge is 2.27. The van der Waals surface area contributed by atoms with Gasteiger partial charge in [-0.25, -0.2) is 9.78 Å². The number of nitrogens with one attached hydrogen (secondary N) is 1. The van der Waals surface area contributed by atoms with Gasteiger partial charge in [-0.1, -0.05) is 6.07 Å². The average Bonchev–Trinajstić information content (AvgIpc) is 2.96. The van der Waals surface area contributed by atoms with Crippen molar-refractivity contribution < 1.29 is 9.53 Å². The van der Waals surface area contributed by atoms with E-state index in [-0.39, 0.29) is 6.09 Å². The molecule has 0 unspecified atom stereocenters. The molecule has 3 rings (SSSR count). The number of aromatic nitrogens is 1. The highest BCUT2D eigenvalue weighted by atomic mass is 32.1. The molecule has 0 saturated carbocycles. The second kappa shape index (κ2) is 6.35. The number of thiazole rings is 1. The van der Waals surface area contributed by atoms with Gasteiger partial charge in [-0.3, -0.25) is 0 Å². The molecule has 1 aliphatic rings. The van der Waals surface area contributed by atoms with Crippen LogP contribution in [0.3, 0.4) is 0 Å². The van der Waals surface area contributed by atoms with Crippen LogP contribution in [-0.4, -0.2) is 40.7 Å². The Morgan fingerprint density at radius 1 is 1.35 bits per heavy atom.